The van der Waals surface area contributed by atoms with E-state index in [0.29, 0.717) is 16.0 Å². The Kier molecular flexibility index (Phi) is 5.09. The van der Waals surface area contributed by atoms with Crippen molar-refractivity contribution in [2.75, 3.05) is 6.61 Å². The summed E-state index contributed by atoms with van der Waals surface area (Å²) in [6, 6.07) is 6.27. The highest BCUT2D eigenvalue weighted by Crippen LogP contribution is 2.16. The molecule has 108 valence electrons. The molecule has 0 saturated heterocycles. The van der Waals surface area contributed by atoms with Gasteiger partial charge < -0.3 is 10.4 Å². The molecule has 1 aromatic carbocycles. The predicted octanol–water partition coefficient (Wildman–Crippen LogP) is 2.47. The van der Waals surface area contributed by atoms with Gasteiger partial charge in [-0.1, -0.05) is 11.8 Å². The zero-order chi connectivity index (χ0) is 15.2. The molecule has 5 heteroatoms. The number of thiophene rings is 1. The Morgan fingerprint density at radius 2 is 2.24 bits per heavy atom. The topological polar surface area (TPSA) is 49.3 Å². The van der Waals surface area contributed by atoms with E-state index >= 15 is 0 Å². The third-order valence-electron chi connectivity index (χ3n) is 2.87. The third-order valence-corrected chi connectivity index (χ3v) is 3.88. The summed E-state index contributed by atoms with van der Waals surface area (Å²) < 4.78 is 13.7. The Hall–Kier alpha value is -2.16. The van der Waals surface area contributed by atoms with E-state index in [4.69, 9.17) is 5.11 Å². The first-order valence-corrected chi connectivity index (χ1v) is 7.20. The van der Waals surface area contributed by atoms with Gasteiger partial charge in [0.25, 0.3) is 5.91 Å². The Labute approximate surface area is 126 Å². The second-order valence-corrected chi connectivity index (χ2v) is 5.30. The van der Waals surface area contributed by atoms with Gasteiger partial charge in [0.15, 0.2) is 0 Å². The molecule has 2 N–H and O–H groups in total. The lowest BCUT2D eigenvalue weighted by Gasteiger charge is -2.06. The number of hydrogen-bond donors (Lipinski definition) is 2. The number of aliphatic hydroxyl groups is 1. The number of rotatable bonds is 3. The predicted molar refractivity (Wildman–Crippen MR) is 80.6 cm³/mol. The standard InChI is InChI=1S/C16H14FNO2S/c1-11-6-8-21-15(11)16(20)18-10-13-9-12(3-2-7-19)4-5-14(13)17/h4-6,8-9,19H,7,10H2,1H3,(H,18,20). The van der Waals surface area contributed by atoms with Crippen LogP contribution in [0, 0.1) is 24.6 Å². The summed E-state index contributed by atoms with van der Waals surface area (Å²) in [5.74, 6) is 4.60. The van der Waals surface area contributed by atoms with Crippen LogP contribution < -0.4 is 5.32 Å². The highest BCUT2D eigenvalue weighted by Gasteiger charge is 2.11. The molecule has 0 radical (unpaired) electrons. The van der Waals surface area contributed by atoms with Crippen LogP contribution in [0.15, 0.2) is 29.6 Å². The van der Waals surface area contributed by atoms with Gasteiger partial charge in [-0.15, -0.1) is 11.3 Å². The van der Waals surface area contributed by atoms with Crippen LogP contribution in [0.1, 0.15) is 26.4 Å². The number of hydrogen-bond acceptors (Lipinski definition) is 3. The maximum atomic E-state index is 13.7. The van der Waals surface area contributed by atoms with Crippen molar-refractivity contribution < 1.29 is 14.3 Å². The Morgan fingerprint density at radius 1 is 1.43 bits per heavy atom. The smallest absolute Gasteiger partial charge is 0.261 e. The quantitative estimate of drug-likeness (QED) is 0.856. The number of amides is 1. The summed E-state index contributed by atoms with van der Waals surface area (Å²) in [7, 11) is 0. The van der Waals surface area contributed by atoms with E-state index in [1.807, 2.05) is 18.4 Å². The van der Waals surface area contributed by atoms with Gasteiger partial charge in [0.1, 0.15) is 12.4 Å². The summed E-state index contributed by atoms with van der Waals surface area (Å²) in [5, 5.41) is 13.2. The third kappa shape index (κ3) is 3.91. The fraction of sp³-hybridized carbons (Fsp3) is 0.188. The molecular formula is C16H14FNO2S. The molecule has 3 nitrogen and oxygen atoms in total. The van der Waals surface area contributed by atoms with Crippen LogP contribution in [-0.2, 0) is 6.54 Å². The van der Waals surface area contributed by atoms with E-state index in [9.17, 15) is 9.18 Å². The molecule has 0 saturated carbocycles. The zero-order valence-electron chi connectivity index (χ0n) is 11.4. The van der Waals surface area contributed by atoms with Crippen molar-refractivity contribution in [1.29, 1.82) is 0 Å². The molecule has 0 spiro atoms. The van der Waals surface area contributed by atoms with Crippen molar-refractivity contribution >= 4 is 17.2 Å². The average molecular weight is 303 g/mol. The fourth-order valence-electron chi connectivity index (χ4n) is 1.79. The summed E-state index contributed by atoms with van der Waals surface area (Å²) in [5.41, 5.74) is 1.87. The molecule has 0 unspecified atom stereocenters. The monoisotopic (exact) mass is 303 g/mol. The highest BCUT2D eigenvalue weighted by molar-refractivity contribution is 7.12. The first-order valence-electron chi connectivity index (χ1n) is 6.32. The molecule has 0 fully saturated rings. The van der Waals surface area contributed by atoms with Gasteiger partial charge in [0, 0.05) is 17.7 Å². The summed E-state index contributed by atoms with van der Waals surface area (Å²) in [6.45, 7) is 1.70. The Balaban J connectivity index is 2.09. The van der Waals surface area contributed by atoms with Crippen molar-refractivity contribution in [3.63, 3.8) is 0 Å². The van der Waals surface area contributed by atoms with Gasteiger partial charge in [-0.25, -0.2) is 4.39 Å². The number of halogens is 1. The lowest BCUT2D eigenvalue weighted by atomic mass is 10.1. The summed E-state index contributed by atoms with van der Waals surface area (Å²) in [6.07, 6.45) is 0. The van der Waals surface area contributed by atoms with Crippen LogP contribution in [0.2, 0.25) is 0 Å². The molecule has 1 amide bonds. The van der Waals surface area contributed by atoms with E-state index in [1.165, 1.54) is 23.5 Å². The molecule has 0 aliphatic carbocycles. The van der Waals surface area contributed by atoms with Gasteiger partial charge in [0.2, 0.25) is 0 Å². The van der Waals surface area contributed by atoms with Crippen LogP contribution >= 0.6 is 11.3 Å². The van der Waals surface area contributed by atoms with Gasteiger partial charge >= 0.3 is 0 Å². The second kappa shape index (κ2) is 7.02. The van der Waals surface area contributed by atoms with Gasteiger partial charge in [-0.3, -0.25) is 4.79 Å². The lowest BCUT2D eigenvalue weighted by Crippen LogP contribution is -2.23. The van der Waals surface area contributed by atoms with Gasteiger partial charge in [0.05, 0.1) is 4.88 Å². The van der Waals surface area contributed by atoms with E-state index in [-0.39, 0.29) is 19.1 Å². The average Bonchev–Trinajstić information content (AvgIpc) is 2.91. The molecular weight excluding hydrogens is 289 g/mol. The molecule has 0 aliphatic heterocycles. The number of carbonyl (C=O) groups is 1. The van der Waals surface area contributed by atoms with Crippen molar-refractivity contribution in [3.05, 3.63) is 57.0 Å². The molecule has 1 aromatic heterocycles. The SMILES string of the molecule is Cc1ccsc1C(=O)NCc1cc(C#CCO)ccc1F. The van der Waals surface area contributed by atoms with Crippen LogP contribution in [0.25, 0.3) is 0 Å². The largest absolute Gasteiger partial charge is 0.384 e. The van der Waals surface area contributed by atoms with Gasteiger partial charge in [-0.2, -0.15) is 0 Å². The van der Waals surface area contributed by atoms with Crippen molar-refractivity contribution in [2.24, 2.45) is 0 Å². The molecule has 0 atom stereocenters. The molecule has 1 heterocycles. The summed E-state index contributed by atoms with van der Waals surface area (Å²) in [4.78, 5) is 12.6. The maximum absolute atomic E-state index is 13.7. The lowest BCUT2D eigenvalue weighted by molar-refractivity contribution is 0.0954. The zero-order valence-corrected chi connectivity index (χ0v) is 12.3. The molecule has 21 heavy (non-hydrogen) atoms. The van der Waals surface area contributed by atoms with Crippen LogP contribution in [0.3, 0.4) is 0 Å². The van der Waals surface area contributed by atoms with E-state index in [1.54, 1.807) is 6.07 Å². The number of aryl methyl sites for hydroxylation is 1. The Bertz CT molecular complexity index is 713. The molecule has 0 aliphatic rings. The van der Waals surface area contributed by atoms with Crippen molar-refractivity contribution in [3.8, 4) is 11.8 Å². The minimum atomic E-state index is -0.396. The minimum absolute atomic E-state index is 0.0939. The van der Waals surface area contributed by atoms with E-state index in [0.717, 1.165) is 5.56 Å². The molecule has 0 bridgehead atoms. The normalized spacial score (nSPS) is 9.86. The first kappa shape index (κ1) is 15.2. The summed E-state index contributed by atoms with van der Waals surface area (Å²) >= 11 is 1.36. The highest BCUT2D eigenvalue weighted by atomic mass is 32.1. The Morgan fingerprint density at radius 3 is 2.90 bits per heavy atom. The molecule has 2 rings (SSSR count). The van der Waals surface area contributed by atoms with Crippen molar-refractivity contribution in [2.45, 2.75) is 13.5 Å². The molecule has 2 aromatic rings. The van der Waals surface area contributed by atoms with Crippen LogP contribution in [0.4, 0.5) is 4.39 Å². The fourth-order valence-corrected chi connectivity index (χ4v) is 2.63. The first-order chi connectivity index (χ1) is 10.1. The van der Waals surface area contributed by atoms with Crippen LogP contribution in [-0.4, -0.2) is 17.6 Å². The van der Waals surface area contributed by atoms with Crippen LogP contribution in [0.5, 0.6) is 0 Å². The number of carbonyl (C=O) groups excluding carboxylic acids is 1. The van der Waals surface area contributed by atoms with E-state index in [2.05, 4.69) is 17.2 Å². The minimum Gasteiger partial charge on any atom is -0.384 e. The van der Waals surface area contributed by atoms with Crippen molar-refractivity contribution in [1.82, 2.24) is 5.32 Å². The van der Waals surface area contributed by atoms with Gasteiger partial charge in [-0.05, 0) is 42.1 Å². The van der Waals surface area contributed by atoms with E-state index < -0.39 is 5.82 Å². The number of aliphatic hydroxyl groups excluding tert-OH is 1. The number of nitrogens with one attached hydrogen (secondary N) is 1. The number of benzene rings is 1. The second-order valence-electron chi connectivity index (χ2n) is 4.38. The maximum Gasteiger partial charge on any atom is 0.261 e.